The zero-order chi connectivity index (χ0) is 19.3. The molecule has 6 nitrogen and oxygen atoms in total. The van der Waals surface area contributed by atoms with E-state index in [-0.39, 0.29) is 11.3 Å². The SMILES string of the molecule is CCOP(=O)(OCC)C(CC)CCCC(CC)P(=O)(OCC)OCC. The van der Waals surface area contributed by atoms with Crippen LogP contribution in [-0.2, 0) is 27.2 Å². The van der Waals surface area contributed by atoms with Crippen LogP contribution < -0.4 is 0 Å². The van der Waals surface area contributed by atoms with Gasteiger partial charge in [0.25, 0.3) is 0 Å². The largest absolute Gasteiger partial charge is 0.333 e. The molecule has 0 saturated carbocycles. The maximum absolute atomic E-state index is 12.9. The molecule has 0 N–H and O–H groups in total. The van der Waals surface area contributed by atoms with E-state index < -0.39 is 15.2 Å². The second-order valence-electron chi connectivity index (χ2n) is 5.81. The summed E-state index contributed by atoms with van der Waals surface area (Å²) in [5, 5.41) is 0. The Morgan fingerprint density at radius 3 is 1.08 bits per heavy atom. The highest BCUT2D eigenvalue weighted by atomic mass is 31.2. The normalized spacial score (nSPS) is 15.3. The highest BCUT2D eigenvalue weighted by Crippen LogP contribution is 2.58. The second-order valence-corrected chi connectivity index (χ2v) is 10.5. The van der Waals surface area contributed by atoms with Gasteiger partial charge in [-0.3, -0.25) is 9.13 Å². The van der Waals surface area contributed by atoms with E-state index in [1.54, 1.807) is 0 Å². The Balaban J connectivity index is 4.90. The first-order valence-corrected chi connectivity index (χ1v) is 12.9. The van der Waals surface area contributed by atoms with E-state index >= 15 is 0 Å². The van der Waals surface area contributed by atoms with Crippen LogP contribution in [0.5, 0.6) is 0 Å². The van der Waals surface area contributed by atoms with E-state index in [9.17, 15) is 9.13 Å². The summed E-state index contributed by atoms with van der Waals surface area (Å²) in [5.41, 5.74) is -0.271. The van der Waals surface area contributed by atoms with Crippen LogP contribution in [0.4, 0.5) is 0 Å². The van der Waals surface area contributed by atoms with Crippen molar-refractivity contribution in [2.45, 2.75) is 85.0 Å². The molecule has 0 spiro atoms. The zero-order valence-corrected chi connectivity index (χ0v) is 18.7. The predicted octanol–water partition coefficient (Wildman–Crippen LogP) is 6.25. The maximum atomic E-state index is 12.9. The van der Waals surface area contributed by atoms with Gasteiger partial charge in [-0.1, -0.05) is 20.3 Å². The minimum atomic E-state index is -3.10. The molecular weight excluding hydrogens is 362 g/mol. The van der Waals surface area contributed by atoms with Crippen LogP contribution in [0.3, 0.4) is 0 Å². The van der Waals surface area contributed by atoms with E-state index in [1.807, 2.05) is 41.5 Å². The molecule has 0 radical (unpaired) electrons. The second kappa shape index (κ2) is 13.5. The third-order valence-electron chi connectivity index (χ3n) is 4.15. The Kier molecular flexibility index (Phi) is 13.6. The summed E-state index contributed by atoms with van der Waals surface area (Å²) in [4.78, 5) is 0. The van der Waals surface area contributed by atoms with E-state index in [2.05, 4.69) is 0 Å². The van der Waals surface area contributed by atoms with E-state index in [0.29, 0.717) is 39.3 Å². The Morgan fingerprint density at radius 2 is 0.880 bits per heavy atom. The lowest BCUT2D eigenvalue weighted by atomic mass is 10.1. The van der Waals surface area contributed by atoms with E-state index in [0.717, 1.165) is 19.3 Å². The molecule has 0 saturated heterocycles. The van der Waals surface area contributed by atoms with Gasteiger partial charge >= 0.3 is 15.2 Å². The van der Waals surface area contributed by atoms with Crippen LogP contribution in [0.1, 0.15) is 73.6 Å². The summed E-state index contributed by atoms with van der Waals surface area (Å²) >= 11 is 0. The Hall–Kier alpha value is 0.300. The molecular formula is C17H38O6P2. The van der Waals surface area contributed by atoms with Crippen LogP contribution in [0.25, 0.3) is 0 Å². The van der Waals surface area contributed by atoms with Gasteiger partial charge in [0.1, 0.15) is 0 Å². The smallest absolute Gasteiger partial charge is 0.309 e. The molecule has 8 heteroatoms. The first-order chi connectivity index (χ1) is 11.9. The third kappa shape index (κ3) is 8.24. The number of rotatable bonds is 16. The molecule has 0 aliphatic rings. The quantitative estimate of drug-likeness (QED) is 0.285. The number of hydrogen-bond acceptors (Lipinski definition) is 6. The molecule has 0 heterocycles. The van der Waals surface area contributed by atoms with Crippen molar-refractivity contribution < 1.29 is 27.2 Å². The molecule has 2 atom stereocenters. The van der Waals surface area contributed by atoms with Crippen molar-refractivity contribution in [3.63, 3.8) is 0 Å². The fraction of sp³-hybridized carbons (Fsp3) is 1.00. The summed E-state index contributed by atoms with van der Waals surface area (Å²) in [7, 11) is -6.19. The maximum Gasteiger partial charge on any atom is 0.333 e. The summed E-state index contributed by atoms with van der Waals surface area (Å²) in [6, 6.07) is 0. The minimum Gasteiger partial charge on any atom is -0.309 e. The molecule has 0 aromatic heterocycles. The van der Waals surface area contributed by atoms with Gasteiger partial charge in [-0.05, 0) is 53.4 Å². The lowest BCUT2D eigenvalue weighted by Gasteiger charge is -2.28. The van der Waals surface area contributed by atoms with Gasteiger partial charge in [0.15, 0.2) is 0 Å². The molecule has 25 heavy (non-hydrogen) atoms. The summed E-state index contributed by atoms with van der Waals surface area (Å²) in [6.07, 6.45) is 3.65. The van der Waals surface area contributed by atoms with Crippen LogP contribution >= 0.6 is 15.2 Å². The highest BCUT2D eigenvalue weighted by Gasteiger charge is 2.36. The van der Waals surface area contributed by atoms with Crippen molar-refractivity contribution in [3.05, 3.63) is 0 Å². The standard InChI is InChI=1S/C17H38O6P2/c1-7-16(24(18,20-9-3)21-10-4)14-13-15-17(8-2)25(19,22-11-5)23-12-6/h16-17H,7-15H2,1-6H3. The zero-order valence-electron chi connectivity index (χ0n) is 16.9. The van der Waals surface area contributed by atoms with Gasteiger partial charge in [0, 0.05) is 0 Å². The van der Waals surface area contributed by atoms with Gasteiger partial charge in [0.2, 0.25) is 0 Å². The molecule has 0 bridgehead atoms. The first kappa shape index (κ1) is 25.3. The van der Waals surface area contributed by atoms with Gasteiger partial charge in [-0.25, -0.2) is 0 Å². The Labute approximate surface area is 154 Å². The van der Waals surface area contributed by atoms with Gasteiger partial charge in [0.05, 0.1) is 37.7 Å². The average molecular weight is 400 g/mol. The van der Waals surface area contributed by atoms with Gasteiger partial charge in [-0.15, -0.1) is 0 Å². The van der Waals surface area contributed by atoms with Crippen molar-refractivity contribution in [2.75, 3.05) is 26.4 Å². The third-order valence-corrected chi connectivity index (χ3v) is 9.66. The fourth-order valence-corrected chi connectivity index (χ4v) is 7.30. The molecule has 0 amide bonds. The molecule has 0 aliphatic heterocycles. The van der Waals surface area contributed by atoms with Crippen molar-refractivity contribution in [3.8, 4) is 0 Å². The van der Waals surface area contributed by atoms with Crippen molar-refractivity contribution in [1.29, 1.82) is 0 Å². The van der Waals surface area contributed by atoms with Crippen LogP contribution in [0, 0.1) is 0 Å². The fourth-order valence-electron chi connectivity index (χ4n) is 2.98. The van der Waals surface area contributed by atoms with Gasteiger partial charge < -0.3 is 18.1 Å². The van der Waals surface area contributed by atoms with Crippen LogP contribution in [0.15, 0.2) is 0 Å². The molecule has 2 unspecified atom stereocenters. The summed E-state index contributed by atoms with van der Waals surface area (Å²) < 4.78 is 47.8. The molecule has 0 aliphatic carbocycles. The molecule has 0 aromatic carbocycles. The highest BCUT2D eigenvalue weighted by molar-refractivity contribution is 7.55. The lowest BCUT2D eigenvalue weighted by molar-refractivity contribution is 0.207. The summed E-state index contributed by atoms with van der Waals surface area (Å²) in [6.45, 7) is 12.8. The van der Waals surface area contributed by atoms with Crippen LogP contribution in [-0.4, -0.2) is 37.7 Å². The Morgan fingerprint density at radius 1 is 0.600 bits per heavy atom. The molecule has 152 valence electrons. The van der Waals surface area contributed by atoms with E-state index in [1.165, 1.54) is 0 Å². The average Bonchev–Trinajstić information content (AvgIpc) is 2.55. The van der Waals surface area contributed by atoms with Crippen molar-refractivity contribution >= 4 is 15.2 Å². The predicted molar refractivity (Wildman–Crippen MR) is 104 cm³/mol. The van der Waals surface area contributed by atoms with Crippen molar-refractivity contribution in [2.24, 2.45) is 0 Å². The Bertz CT molecular complexity index is 371. The lowest BCUT2D eigenvalue weighted by Crippen LogP contribution is -2.16. The summed E-state index contributed by atoms with van der Waals surface area (Å²) in [5.74, 6) is 0. The van der Waals surface area contributed by atoms with Crippen LogP contribution in [0.2, 0.25) is 0 Å². The first-order valence-electron chi connectivity index (χ1n) is 9.64. The molecule has 0 aromatic rings. The monoisotopic (exact) mass is 400 g/mol. The minimum absolute atomic E-state index is 0.136. The van der Waals surface area contributed by atoms with Crippen molar-refractivity contribution in [1.82, 2.24) is 0 Å². The number of hydrogen-bond donors (Lipinski definition) is 0. The molecule has 0 rings (SSSR count). The topological polar surface area (TPSA) is 71.1 Å². The van der Waals surface area contributed by atoms with Gasteiger partial charge in [-0.2, -0.15) is 0 Å². The van der Waals surface area contributed by atoms with E-state index in [4.69, 9.17) is 18.1 Å². The molecule has 0 fully saturated rings.